The summed E-state index contributed by atoms with van der Waals surface area (Å²) in [4.78, 5) is 11.3. The van der Waals surface area contributed by atoms with E-state index in [9.17, 15) is 13.2 Å². The Kier molecular flexibility index (Phi) is 6.49. The zero-order valence-corrected chi connectivity index (χ0v) is 14.7. The third-order valence-electron chi connectivity index (χ3n) is 2.91. The molecule has 1 N–H and O–H groups in total. The molecule has 0 heterocycles. The molecule has 124 valence electrons. The lowest BCUT2D eigenvalue weighted by molar-refractivity contribution is 0.152. The van der Waals surface area contributed by atoms with Crippen molar-refractivity contribution in [1.82, 2.24) is 5.32 Å². The maximum atomic E-state index is 12.0. The van der Waals surface area contributed by atoms with E-state index in [1.54, 1.807) is 19.9 Å². The van der Waals surface area contributed by atoms with Gasteiger partial charge < -0.3 is 10.1 Å². The fourth-order valence-corrected chi connectivity index (χ4v) is 3.58. The summed E-state index contributed by atoms with van der Waals surface area (Å²) >= 11 is 6.21. The minimum atomic E-state index is -3.53. The Balaban J connectivity index is 2.99. The van der Waals surface area contributed by atoms with Gasteiger partial charge in [0, 0.05) is 6.54 Å². The maximum Gasteiger partial charge on any atom is 0.407 e. The van der Waals surface area contributed by atoms with Crippen molar-refractivity contribution in [2.24, 2.45) is 0 Å². The lowest BCUT2D eigenvalue weighted by Gasteiger charge is -2.25. The zero-order chi connectivity index (χ0) is 16.9. The van der Waals surface area contributed by atoms with Gasteiger partial charge in [-0.25, -0.2) is 13.2 Å². The van der Waals surface area contributed by atoms with Crippen LogP contribution in [-0.4, -0.2) is 40.5 Å². The van der Waals surface area contributed by atoms with Gasteiger partial charge in [-0.1, -0.05) is 17.7 Å². The van der Waals surface area contributed by atoms with Gasteiger partial charge in [0.15, 0.2) is 0 Å². The van der Waals surface area contributed by atoms with Gasteiger partial charge in [-0.05, 0) is 38.0 Å². The first-order valence-corrected chi connectivity index (χ1v) is 9.04. The lowest BCUT2D eigenvalue weighted by atomic mass is 10.1. The molecule has 8 heteroatoms. The van der Waals surface area contributed by atoms with Crippen LogP contribution in [0, 0.1) is 13.8 Å². The highest BCUT2D eigenvalue weighted by Gasteiger charge is 2.22. The molecule has 0 bridgehead atoms. The number of alkyl carbamates (subject to hydrolysis) is 1. The standard InChI is InChI=1S/C14H21ClN2O4S/c1-5-21-14(18)16-6-7-17(22(4,19)20)13-11(3)8-10(2)9-12(13)15/h8-9H,5-7H2,1-4H3,(H,16,18). The van der Waals surface area contributed by atoms with Crippen LogP contribution in [0.25, 0.3) is 0 Å². The molecule has 0 radical (unpaired) electrons. The number of benzene rings is 1. The highest BCUT2D eigenvalue weighted by atomic mass is 35.5. The first-order chi connectivity index (χ1) is 10.2. The first-order valence-electron chi connectivity index (χ1n) is 6.82. The van der Waals surface area contributed by atoms with Crippen LogP contribution in [0.4, 0.5) is 10.5 Å². The Labute approximate surface area is 136 Å². The normalized spacial score (nSPS) is 11.1. The molecule has 6 nitrogen and oxygen atoms in total. The molecule has 0 saturated carbocycles. The Hall–Kier alpha value is -1.47. The number of ether oxygens (including phenoxy) is 1. The monoisotopic (exact) mass is 348 g/mol. The number of hydrogen-bond acceptors (Lipinski definition) is 4. The minimum absolute atomic E-state index is 0.0707. The molecule has 1 aromatic carbocycles. The smallest absolute Gasteiger partial charge is 0.407 e. The highest BCUT2D eigenvalue weighted by molar-refractivity contribution is 7.92. The average molecular weight is 349 g/mol. The van der Waals surface area contributed by atoms with E-state index in [4.69, 9.17) is 16.3 Å². The number of carbonyl (C=O) groups is 1. The van der Waals surface area contributed by atoms with E-state index >= 15 is 0 Å². The second kappa shape index (κ2) is 7.69. The van der Waals surface area contributed by atoms with Crippen molar-refractivity contribution in [2.45, 2.75) is 20.8 Å². The van der Waals surface area contributed by atoms with Crippen LogP contribution in [0.5, 0.6) is 0 Å². The number of aryl methyl sites for hydroxylation is 2. The van der Waals surface area contributed by atoms with E-state index in [1.807, 2.05) is 13.0 Å². The number of sulfonamides is 1. The van der Waals surface area contributed by atoms with Gasteiger partial charge in [-0.15, -0.1) is 0 Å². The third-order valence-corrected chi connectivity index (χ3v) is 4.36. The van der Waals surface area contributed by atoms with Crippen LogP contribution in [0.15, 0.2) is 12.1 Å². The quantitative estimate of drug-likeness (QED) is 0.856. The second-order valence-corrected chi connectivity index (χ2v) is 7.21. The summed E-state index contributed by atoms with van der Waals surface area (Å²) in [5.74, 6) is 0. The molecule has 0 aliphatic carbocycles. The Morgan fingerprint density at radius 3 is 2.50 bits per heavy atom. The van der Waals surface area contributed by atoms with Crippen LogP contribution in [-0.2, 0) is 14.8 Å². The van der Waals surface area contributed by atoms with Gasteiger partial charge in [0.1, 0.15) is 0 Å². The molecular weight excluding hydrogens is 328 g/mol. The second-order valence-electron chi connectivity index (χ2n) is 4.89. The van der Waals surface area contributed by atoms with E-state index in [0.29, 0.717) is 10.7 Å². The largest absolute Gasteiger partial charge is 0.450 e. The number of rotatable bonds is 6. The van der Waals surface area contributed by atoms with Crippen molar-refractivity contribution >= 4 is 33.4 Å². The molecule has 0 aliphatic heterocycles. The molecule has 0 aliphatic rings. The Morgan fingerprint density at radius 1 is 1.36 bits per heavy atom. The van der Waals surface area contributed by atoms with Crippen molar-refractivity contribution in [3.8, 4) is 0 Å². The topological polar surface area (TPSA) is 75.7 Å². The number of anilines is 1. The predicted molar refractivity (Wildman–Crippen MR) is 88.1 cm³/mol. The molecule has 1 amide bonds. The van der Waals surface area contributed by atoms with E-state index in [0.717, 1.165) is 17.4 Å². The van der Waals surface area contributed by atoms with Gasteiger partial charge in [-0.3, -0.25) is 4.31 Å². The molecule has 22 heavy (non-hydrogen) atoms. The molecule has 0 saturated heterocycles. The van der Waals surface area contributed by atoms with E-state index in [2.05, 4.69) is 5.32 Å². The summed E-state index contributed by atoms with van der Waals surface area (Å²) < 4.78 is 30.0. The van der Waals surface area contributed by atoms with E-state index < -0.39 is 16.1 Å². The molecule has 0 spiro atoms. The van der Waals surface area contributed by atoms with Crippen molar-refractivity contribution in [1.29, 1.82) is 0 Å². The average Bonchev–Trinajstić information content (AvgIpc) is 2.34. The lowest BCUT2D eigenvalue weighted by Crippen LogP contribution is -2.38. The van der Waals surface area contributed by atoms with Crippen molar-refractivity contribution in [3.63, 3.8) is 0 Å². The third kappa shape index (κ3) is 5.06. The fraction of sp³-hybridized carbons (Fsp3) is 0.500. The molecule has 0 fully saturated rings. The van der Waals surface area contributed by atoms with Crippen molar-refractivity contribution < 1.29 is 17.9 Å². The van der Waals surface area contributed by atoms with Crippen LogP contribution in [0.3, 0.4) is 0 Å². The summed E-state index contributed by atoms with van der Waals surface area (Å²) in [5, 5.41) is 2.86. The van der Waals surface area contributed by atoms with E-state index in [-0.39, 0.29) is 19.7 Å². The van der Waals surface area contributed by atoms with Gasteiger partial charge in [0.25, 0.3) is 0 Å². The Morgan fingerprint density at radius 2 is 2.00 bits per heavy atom. The molecule has 1 aromatic rings. The molecule has 0 aromatic heterocycles. The number of carbonyl (C=O) groups excluding carboxylic acids is 1. The zero-order valence-electron chi connectivity index (χ0n) is 13.1. The van der Waals surface area contributed by atoms with Gasteiger partial charge in [0.05, 0.1) is 30.1 Å². The summed E-state index contributed by atoms with van der Waals surface area (Å²) in [7, 11) is -3.53. The maximum absolute atomic E-state index is 12.0. The molecule has 1 rings (SSSR count). The summed E-state index contributed by atoms with van der Waals surface area (Å²) in [6, 6.07) is 3.57. The van der Waals surface area contributed by atoms with Crippen molar-refractivity contribution in [2.75, 3.05) is 30.3 Å². The van der Waals surface area contributed by atoms with Gasteiger partial charge in [-0.2, -0.15) is 0 Å². The van der Waals surface area contributed by atoms with Crippen LogP contribution >= 0.6 is 11.6 Å². The van der Waals surface area contributed by atoms with E-state index in [1.165, 1.54) is 4.31 Å². The van der Waals surface area contributed by atoms with Crippen LogP contribution < -0.4 is 9.62 Å². The number of nitrogens with one attached hydrogen (secondary N) is 1. The number of nitrogens with zero attached hydrogens (tertiary/aromatic N) is 1. The van der Waals surface area contributed by atoms with Crippen LogP contribution in [0.2, 0.25) is 5.02 Å². The Bertz CT molecular complexity index is 623. The van der Waals surface area contributed by atoms with Gasteiger partial charge in [0.2, 0.25) is 10.0 Å². The minimum Gasteiger partial charge on any atom is -0.450 e. The SMILES string of the molecule is CCOC(=O)NCCN(c1c(C)cc(C)cc1Cl)S(C)(=O)=O. The predicted octanol–water partition coefficient (Wildman–Crippen LogP) is 2.47. The first kappa shape index (κ1) is 18.6. The molecule has 0 atom stereocenters. The number of hydrogen-bond donors (Lipinski definition) is 1. The van der Waals surface area contributed by atoms with Gasteiger partial charge >= 0.3 is 6.09 Å². The summed E-state index contributed by atoms with van der Waals surface area (Å²) in [5.41, 5.74) is 2.14. The fourth-order valence-electron chi connectivity index (χ4n) is 2.11. The molecule has 0 unspecified atom stereocenters. The van der Waals surface area contributed by atoms with Crippen LogP contribution in [0.1, 0.15) is 18.1 Å². The highest BCUT2D eigenvalue weighted by Crippen LogP contribution is 2.32. The van der Waals surface area contributed by atoms with Crippen molar-refractivity contribution in [3.05, 3.63) is 28.3 Å². The number of amides is 1. The summed E-state index contributed by atoms with van der Waals surface area (Å²) in [6.07, 6.45) is 0.523. The summed E-state index contributed by atoms with van der Waals surface area (Å²) in [6.45, 7) is 5.82. The number of halogens is 1. The molecular formula is C14H21ClN2O4S.